The third-order valence-corrected chi connectivity index (χ3v) is 4.97. The molecule has 9 heteroatoms. The largest absolute Gasteiger partial charge is 0.492 e. The van der Waals surface area contributed by atoms with Crippen LogP contribution in [0.2, 0.25) is 0 Å². The van der Waals surface area contributed by atoms with E-state index >= 15 is 0 Å². The first-order valence-electron chi connectivity index (χ1n) is 9.79. The molecule has 9 nitrogen and oxygen atoms in total. The Morgan fingerprint density at radius 2 is 1.93 bits per heavy atom. The topological polar surface area (TPSA) is 112 Å². The molecular formula is C21H25N5O4. The Bertz CT molecular complexity index is 895. The highest BCUT2D eigenvalue weighted by molar-refractivity contribution is 6.06. The van der Waals surface area contributed by atoms with Crippen molar-refractivity contribution in [1.82, 2.24) is 10.2 Å². The second-order valence-corrected chi connectivity index (χ2v) is 7.82. The number of carbonyl (C=O) groups excluding carboxylic acids is 3. The van der Waals surface area contributed by atoms with Gasteiger partial charge in [0.05, 0.1) is 6.54 Å². The van der Waals surface area contributed by atoms with Crippen LogP contribution in [0, 0.1) is 12.3 Å². The smallest absolute Gasteiger partial charge is 0.325 e. The van der Waals surface area contributed by atoms with Crippen molar-refractivity contribution in [3.05, 3.63) is 24.3 Å². The second-order valence-electron chi connectivity index (χ2n) is 7.82. The summed E-state index contributed by atoms with van der Waals surface area (Å²) in [5, 5.41) is 13.5. The van der Waals surface area contributed by atoms with Gasteiger partial charge in [-0.25, -0.2) is 4.79 Å². The van der Waals surface area contributed by atoms with E-state index in [1.165, 1.54) is 0 Å². The van der Waals surface area contributed by atoms with Gasteiger partial charge >= 0.3 is 6.03 Å². The zero-order valence-electron chi connectivity index (χ0n) is 17.1. The summed E-state index contributed by atoms with van der Waals surface area (Å²) in [6, 6.07) is 6.46. The summed E-state index contributed by atoms with van der Waals surface area (Å²) in [4.78, 5) is 37.2. The molecule has 0 aromatic heterocycles. The van der Waals surface area contributed by atoms with Gasteiger partial charge in [0, 0.05) is 31.4 Å². The average molecular weight is 411 g/mol. The number of benzene rings is 1. The number of imide groups is 1. The van der Waals surface area contributed by atoms with E-state index in [0.29, 0.717) is 37.1 Å². The van der Waals surface area contributed by atoms with Crippen molar-refractivity contribution in [1.29, 1.82) is 0 Å². The van der Waals surface area contributed by atoms with Crippen molar-refractivity contribution in [2.24, 2.45) is 10.2 Å². The molecule has 0 saturated carbocycles. The zero-order chi connectivity index (χ0) is 21.8. The van der Waals surface area contributed by atoms with Crippen LogP contribution in [0.25, 0.3) is 0 Å². The number of rotatable bonds is 10. The summed E-state index contributed by atoms with van der Waals surface area (Å²) < 4.78 is 5.60. The number of carbonyl (C=O) groups is 3. The minimum Gasteiger partial charge on any atom is -0.492 e. The molecular weight excluding hydrogens is 386 g/mol. The monoisotopic (exact) mass is 411 g/mol. The third-order valence-electron chi connectivity index (χ3n) is 4.97. The molecule has 158 valence electrons. The normalized spacial score (nSPS) is 18.0. The Labute approximate surface area is 175 Å². The quantitative estimate of drug-likeness (QED) is 0.455. The fraction of sp³-hybridized carbons (Fsp3) is 0.476. The second kappa shape index (κ2) is 8.53. The van der Waals surface area contributed by atoms with Crippen molar-refractivity contribution in [2.75, 3.05) is 18.5 Å². The summed E-state index contributed by atoms with van der Waals surface area (Å²) in [7, 11) is 0. The maximum absolute atomic E-state index is 12.1. The highest BCUT2D eigenvalue weighted by Crippen LogP contribution is 2.37. The first kappa shape index (κ1) is 21.3. The van der Waals surface area contributed by atoms with E-state index in [9.17, 15) is 14.4 Å². The number of nitrogens with zero attached hydrogens (tertiary/aromatic N) is 3. The standard InChI is InChI=1S/C21H25N5O4/c1-4-5-11-21(24-25-21)12-10-17(27)22-15-6-8-16(9-7-15)30-14-13-26-18(28)20(2,3)23-19(26)29/h1,6-9H,5,10-14H2,2-3H3,(H,22,27)(H,23,29). The summed E-state index contributed by atoms with van der Waals surface area (Å²) in [5.74, 6) is 2.74. The Hall–Kier alpha value is -3.41. The fourth-order valence-electron chi connectivity index (χ4n) is 3.12. The molecule has 2 aliphatic heterocycles. The van der Waals surface area contributed by atoms with Gasteiger partial charge in [-0.2, -0.15) is 10.2 Å². The minimum absolute atomic E-state index is 0.123. The predicted molar refractivity (Wildman–Crippen MR) is 110 cm³/mol. The van der Waals surface area contributed by atoms with Crippen molar-refractivity contribution >= 4 is 23.5 Å². The Kier molecular flexibility index (Phi) is 6.06. The van der Waals surface area contributed by atoms with Crippen molar-refractivity contribution in [3.8, 4) is 18.1 Å². The van der Waals surface area contributed by atoms with E-state index in [2.05, 4.69) is 26.8 Å². The molecule has 0 aliphatic carbocycles. The molecule has 30 heavy (non-hydrogen) atoms. The highest BCUT2D eigenvalue weighted by atomic mass is 16.5. The summed E-state index contributed by atoms with van der Waals surface area (Å²) in [6.07, 6.45) is 7.37. The lowest BCUT2D eigenvalue weighted by atomic mass is 10.0. The van der Waals surface area contributed by atoms with E-state index in [4.69, 9.17) is 11.2 Å². The molecule has 0 bridgehead atoms. The maximum Gasteiger partial charge on any atom is 0.325 e. The molecule has 0 atom stereocenters. The van der Waals surface area contributed by atoms with Crippen LogP contribution in [-0.2, 0) is 9.59 Å². The molecule has 0 radical (unpaired) electrons. The summed E-state index contributed by atoms with van der Waals surface area (Å²) in [5.41, 5.74) is -0.713. The van der Waals surface area contributed by atoms with Gasteiger partial charge in [0.2, 0.25) is 5.91 Å². The van der Waals surface area contributed by atoms with Gasteiger partial charge in [-0.1, -0.05) is 0 Å². The number of hydrogen-bond donors (Lipinski definition) is 2. The average Bonchev–Trinajstić information content (AvgIpc) is 3.45. The number of urea groups is 1. The highest BCUT2D eigenvalue weighted by Gasteiger charge is 2.44. The molecule has 2 aliphatic rings. The summed E-state index contributed by atoms with van der Waals surface area (Å²) >= 11 is 0. The molecule has 0 unspecified atom stereocenters. The van der Waals surface area contributed by atoms with Crippen molar-refractivity contribution < 1.29 is 19.1 Å². The van der Waals surface area contributed by atoms with Gasteiger partial charge < -0.3 is 15.4 Å². The van der Waals surface area contributed by atoms with E-state index in [0.717, 1.165) is 4.90 Å². The molecule has 2 N–H and O–H groups in total. The lowest BCUT2D eigenvalue weighted by Crippen LogP contribution is -2.40. The predicted octanol–water partition coefficient (Wildman–Crippen LogP) is 2.69. The number of amides is 4. The van der Waals surface area contributed by atoms with Crippen LogP contribution in [0.1, 0.15) is 39.5 Å². The minimum atomic E-state index is -0.889. The molecule has 1 saturated heterocycles. The Morgan fingerprint density at radius 3 is 2.50 bits per heavy atom. The lowest BCUT2D eigenvalue weighted by Gasteiger charge is -2.16. The van der Waals surface area contributed by atoms with Gasteiger partial charge in [-0.3, -0.25) is 14.5 Å². The van der Waals surface area contributed by atoms with Crippen LogP contribution in [0.4, 0.5) is 10.5 Å². The number of nitrogens with one attached hydrogen (secondary N) is 2. The van der Waals surface area contributed by atoms with Crippen molar-refractivity contribution in [3.63, 3.8) is 0 Å². The van der Waals surface area contributed by atoms with Gasteiger partial charge in [-0.15, -0.1) is 12.3 Å². The fourth-order valence-corrected chi connectivity index (χ4v) is 3.12. The first-order valence-corrected chi connectivity index (χ1v) is 9.79. The lowest BCUT2D eigenvalue weighted by molar-refractivity contribution is -0.130. The van der Waals surface area contributed by atoms with Gasteiger partial charge in [0.15, 0.2) is 5.66 Å². The van der Waals surface area contributed by atoms with Gasteiger partial charge in [0.1, 0.15) is 17.9 Å². The Balaban J connectivity index is 1.40. The first-order chi connectivity index (χ1) is 14.2. The van der Waals surface area contributed by atoms with Crippen LogP contribution < -0.4 is 15.4 Å². The van der Waals surface area contributed by atoms with Gasteiger partial charge in [-0.05, 0) is 38.1 Å². The number of anilines is 1. The third kappa shape index (κ3) is 5.14. The van der Waals surface area contributed by atoms with Crippen LogP contribution in [-0.4, -0.2) is 47.1 Å². The van der Waals surface area contributed by atoms with E-state index in [1.807, 2.05) is 0 Å². The Morgan fingerprint density at radius 1 is 1.23 bits per heavy atom. The number of hydrogen-bond acceptors (Lipinski definition) is 6. The number of terminal acetylenes is 1. The maximum atomic E-state index is 12.1. The molecule has 4 amide bonds. The van der Waals surface area contributed by atoms with Crippen LogP contribution in [0.15, 0.2) is 34.5 Å². The SMILES string of the molecule is C#CCCC1(CCC(=O)Nc2ccc(OCCN3C(=O)NC(C)(C)C3=O)cc2)N=N1. The van der Waals surface area contributed by atoms with Crippen molar-refractivity contribution in [2.45, 2.75) is 50.7 Å². The van der Waals surface area contributed by atoms with Crippen LogP contribution in [0.5, 0.6) is 5.75 Å². The molecule has 3 rings (SSSR count). The van der Waals surface area contributed by atoms with Crippen LogP contribution >= 0.6 is 0 Å². The molecule has 1 aromatic carbocycles. The summed E-state index contributed by atoms with van der Waals surface area (Å²) in [6.45, 7) is 3.65. The van der Waals surface area contributed by atoms with Gasteiger partial charge in [0.25, 0.3) is 5.91 Å². The number of ether oxygens (including phenoxy) is 1. The molecule has 2 heterocycles. The van der Waals surface area contributed by atoms with Crippen LogP contribution in [0.3, 0.4) is 0 Å². The molecule has 0 spiro atoms. The zero-order valence-corrected chi connectivity index (χ0v) is 17.1. The molecule has 1 aromatic rings. The van der Waals surface area contributed by atoms with E-state index < -0.39 is 17.2 Å². The van der Waals surface area contributed by atoms with E-state index in [1.54, 1.807) is 38.1 Å². The molecule has 1 fully saturated rings. The van der Waals surface area contributed by atoms with E-state index in [-0.39, 0.29) is 25.0 Å².